The Morgan fingerprint density at radius 1 is 0.656 bits per heavy atom. The van der Waals surface area contributed by atoms with Crippen molar-refractivity contribution in [1.82, 2.24) is 0 Å². The van der Waals surface area contributed by atoms with E-state index < -0.39 is 53.9 Å². The molecule has 0 aliphatic heterocycles. The highest BCUT2D eigenvalue weighted by Crippen LogP contribution is 2.29. The van der Waals surface area contributed by atoms with E-state index in [0.29, 0.717) is 6.42 Å². The van der Waals surface area contributed by atoms with Crippen molar-refractivity contribution in [3.05, 3.63) is 0 Å². The third-order valence-electron chi connectivity index (χ3n) is 3.30. The maximum Gasteiger partial charge on any atom is 0.743 e. The van der Waals surface area contributed by atoms with Crippen LogP contribution in [0.1, 0.15) is 34.1 Å². The monoisotopic (exact) mass is 538 g/mol. The molecule has 0 saturated heterocycles. The van der Waals surface area contributed by atoms with Crippen molar-refractivity contribution >= 4 is 53.9 Å². The van der Waals surface area contributed by atoms with Gasteiger partial charge in [-0.3, -0.25) is 14.4 Å². The lowest BCUT2D eigenvalue weighted by atomic mass is 10.6. The van der Waals surface area contributed by atoms with Crippen molar-refractivity contribution in [2.45, 2.75) is 40.2 Å². The summed E-state index contributed by atoms with van der Waals surface area (Å²) in [7, 11) is -14.7. The van der Waals surface area contributed by atoms with Gasteiger partial charge in [-0.1, -0.05) is 13.3 Å². The first-order valence-electron chi connectivity index (χ1n) is 9.02. The van der Waals surface area contributed by atoms with E-state index in [4.69, 9.17) is 43.3 Å². The minimum atomic E-state index is -5.24. The molecule has 15 nitrogen and oxygen atoms in total. The van der Waals surface area contributed by atoms with Crippen molar-refractivity contribution in [3.63, 3.8) is 0 Å². The molecule has 0 amide bonds. The fraction of sp³-hybridized carbons (Fsp3) is 0.769. The van der Waals surface area contributed by atoms with Crippen LogP contribution in [0.15, 0.2) is 0 Å². The highest BCUT2D eigenvalue weighted by molar-refractivity contribution is 6.81. The maximum atomic E-state index is 11.9. The van der Waals surface area contributed by atoms with E-state index in [0.717, 1.165) is 35.0 Å². The summed E-state index contributed by atoms with van der Waals surface area (Å²) in [4.78, 5) is 56.1. The second-order valence-electron chi connectivity index (χ2n) is 5.88. The summed E-state index contributed by atoms with van der Waals surface area (Å²) < 4.78 is 51.3. The van der Waals surface area contributed by atoms with E-state index in [9.17, 15) is 24.0 Å². The Bertz CT molecular complexity index is 615. The van der Waals surface area contributed by atoms with Gasteiger partial charge in [0.2, 0.25) is 0 Å². The summed E-state index contributed by atoms with van der Waals surface area (Å²) in [5.41, 5.74) is 0. The van der Waals surface area contributed by atoms with Gasteiger partial charge in [0.05, 0.1) is 0 Å². The molecule has 0 bridgehead atoms. The molecule has 0 aromatic carbocycles. The zero-order valence-corrected chi connectivity index (χ0v) is 23.1. The molecular weight excluding hydrogens is 508 g/mol. The average Bonchev–Trinajstić information content (AvgIpc) is 2.65. The number of carbonyl (C=O) groups excluding carboxylic acids is 3. The van der Waals surface area contributed by atoms with Crippen molar-refractivity contribution in [2.75, 3.05) is 28.4 Å². The van der Waals surface area contributed by atoms with Crippen molar-refractivity contribution in [3.8, 4) is 0 Å². The largest absolute Gasteiger partial charge is 0.743 e. The summed E-state index contributed by atoms with van der Waals surface area (Å²) in [6, 6.07) is 0.129. The molecule has 0 aliphatic rings. The quantitative estimate of drug-likeness (QED) is 0.240. The molecule has 0 radical (unpaired) electrons. The number of carbonyl (C=O) groups is 3. The summed E-state index contributed by atoms with van der Waals surface area (Å²) in [5, 5.41) is 0. The Morgan fingerprint density at radius 3 is 1.28 bits per heavy atom. The van der Waals surface area contributed by atoms with Gasteiger partial charge >= 0.3 is 35.9 Å². The van der Waals surface area contributed by atoms with Gasteiger partial charge in [-0.15, -0.1) is 0 Å². The molecule has 0 aromatic heterocycles. The molecule has 0 aromatic rings. The highest BCUT2D eigenvalue weighted by atomic mass is 28.5. The summed E-state index contributed by atoms with van der Waals surface area (Å²) in [5.74, 6) is -3.13. The molecule has 0 fully saturated rings. The van der Waals surface area contributed by atoms with Gasteiger partial charge in [-0.05, 0) is 0 Å². The molecular formula is C13H30O15Si4. The predicted molar refractivity (Wildman–Crippen MR) is 109 cm³/mol. The first kappa shape index (κ1) is 30.9. The average molecular weight is 539 g/mol. The van der Waals surface area contributed by atoms with E-state index in [1.165, 1.54) is 14.2 Å². The fourth-order valence-corrected chi connectivity index (χ4v) is 12.8. The van der Waals surface area contributed by atoms with Crippen LogP contribution in [0.5, 0.6) is 0 Å². The van der Waals surface area contributed by atoms with Gasteiger partial charge in [-0.2, -0.15) is 0 Å². The third kappa shape index (κ3) is 9.82. The molecule has 0 rings (SSSR count). The topological polar surface area (TPSA) is 184 Å². The van der Waals surface area contributed by atoms with Gasteiger partial charge in [0.15, 0.2) is 0 Å². The number of hydrogen-bond acceptors (Lipinski definition) is 15. The van der Waals surface area contributed by atoms with E-state index in [2.05, 4.69) is 0 Å². The van der Waals surface area contributed by atoms with Crippen LogP contribution in [0.3, 0.4) is 0 Å². The molecule has 0 spiro atoms. The molecule has 0 saturated carbocycles. The standard InChI is InChI=1S/C13H30O15Si4/c1-9-10-29(19-5,20-6)26-32(25-13(4)16,27-30(17,21-7)23-11(2)14)28-31(18,22-8)24-12(3)15/h17-18H,9-10H2,1-8H3. The number of hydrogen-bond donors (Lipinski definition) is 2. The third-order valence-corrected chi connectivity index (χ3v) is 14.6. The second kappa shape index (κ2) is 13.0. The van der Waals surface area contributed by atoms with E-state index in [1.54, 1.807) is 6.92 Å². The van der Waals surface area contributed by atoms with Crippen LogP contribution in [0.25, 0.3) is 0 Å². The summed E-state index contributed by atoms with van der Waals surface area (Å²) in [6.07, 6.45) is 0.449. The van der Waals surface area contributed by atoms with Gasteiger partial charge in [0.1, 0.15) is 0 Å². The zero-order chi connectivity index (χ0) is 25.2. The Kier molecular flexibility index (Phi) is 12.5. The lowest BCUT2D eigenvalue weighted by Crippen LogP contribution is -2.70. The van der Waals surface area contributed by atoms with E-state index in [-0.39, 0.29) is 6.04 Å². The molecule has 2 atom stereocenters. The van der Waals surface area contributed by atoms with Crippen LogP contribution in [-0.4, -0.2) is 91.9 Å². The van der Waals surface area contributed by atoms with E-state index >= 15 is 0 Å². The molecule has 32 heavy (non-hydrogen) atoms. The van der Waals surface area contributed by atoms with Gasteiger partial charge in [0.25, 0.3) is 17.9 Å². The van der Waals surface area contributed by atoms with Gasteiger partial charge in [0, 0.05) is 55.3 Å². The Morgan fingerprint density at radius 2 is 1.03 bits per heavy atom. The predicted octanol–water partition coefficient (Wildman–Crippen LogP) is -1.05. The van der Waals surface area contributed by atoms with Crippen LogP contribution in [-0.2, 0) is 57.7 Å². The lowest BCUT2D eigenvalue weighted by molar-refractivity contribution is -0.144. The summed E-state index contributed by atoms with van der Waals surface area (Å²) >= 11 is 0. The smallest absolute Gasteiger partial charge is 0.453 e. The molecule has 0 aliphatic carbocycles. The first-order chi connectivity index (χ1) is 14.7. The van der Waals surface area contributed by atoms with Crippen LogP contribution in [0.2, 0.25) is 6.04 Å². The molecule has 2 N–H and O–H groups in total. The van der Waals surface area contributed by atoms with Gasteiger partial charge < -0.3 is 52.9 Å². The first-order valence-corrected chi connectivity index (χ1v) is 15.9. The van der Waals surface area contributed by atoms with Crippen LogP contribution >= 0.6 is 0 Å². The van der Waals surface area contributed by atoms with Gasteiger partial charge in [-0.25, -0.2) is 0 Å². The summed E-state index contributed by atoms with van der Waals surface area (Å²) in [6.45, 7) is 4.57. The molecule has 0 heterocycles. The van der Waals surface area contributed by atoms with Crippen LogP contribution in [0.4, 0.5) is 0 Å². The Balaban J connectivity index is 6.73. The second-order valence-corrected chi connectivity index (χ2v) is 15.5. The van der Waals surface area contributed by atoms with Crippen molar-refractivity contribution in [1.29, 1.82) is 0 Å². The minimum absolute atomic E-state index is 0.129. The van der Waals surface area contributed by atoms with Crippen molar-refractivity contribution < 1.29 is 67.3 Å². The zero-order valence-electron chi connectivity index (χ0n) is 19.1. The van der Waals surface area contributed by atoms with E-state index in [1.807, 2.05) is 0 Å². The highest BCUT2D eigenvalue weighted by Gasteiger charge is 2.71. The fourth-order valence-electron chi connectivity index (χ4n) is 2.11. The molecule has 19 heteroatoms. The molecule has 188 valence electrons. The van der Waals surface area contributed by atoms with Crippen molar-refractivity contribution in [2.24, 2.45) is 0 Å². The Hall–Kier alpha value is -1.08. The lowest BCUT2D eigenvalue weighted by Gasteiger charge is -2.38. The SMILES string of the molecule is CCC[Si](OC)(OC)O[Si](OC(C)=O)(O[Si](O)(OC)OC(C)=O)O[Si](O)(OC)OC(C)=O. The van der Waals surface area contributed by atoms with Crippen LogP contribution in [0, 0.1) is 0 Å². The van der Waals surface area contributed by atoms with Crippen LogP contribution < -0.4 is 0 Å². The maximum absolute atomic E-state index is 11.9. The normalized spacial score (nSPS) is 17.4. The number of rotatable bonds is 15. The Labute approximate surface area is 190 Å². The molecule has 2 unspecified atom stereocenters. The minimum Gasteiger partial charge on any atom is -0.453 e.